The van der Waals surface area contributed by atoms with Crippen LogP contribution < -0.4 is 10.2 Å². The molecule has 1 atom stereocenters. The number of benzene rings is 1. The number of nitrogens with zero attached hydrogens (tertiary/aromatic N) is 2. The molecular weight excluding hydrogens is 306 g/mol. The first-order valence-electron chi connectivity index (χ1n) is 6.14. The number of anilines is 1. The molecule has 4 nitrogen and oxygen atoms in total. The summed E-state index contributed by atoms with van der Waals surface area (Å²) >= 11 is 3.42. The van der Waals surface area contributed by atoms with Crippen LogP contribution in [0.3, 0.4) is 0 Å². The predicted molar refractivity (Wildman–Crippen MR) is 77.7 cm³/mol. The Morgan fingerprint density at radius 1 is 1.58 bits per heavy atom. The number of carbonyl (C=O) groups is 1. The van der Waals surface area contributed by atoms with Crippen LogP contribution in [-0.4, -0.2) is 24.0 Å². The third-order valence-corrected chi connectivity index (χ3v) is 3.59. The first kappa shape index (κ1) is 14.0. The van der Waals surface area contributed by atoms with Gasteiger partial charge in [0.05, 0.1) is 12.5 Å². The molecule has 1 aliphatic heterocycles. The molecule has 0 saturated carbocycles. The van der Waals surface area contributed by atoms with E-state index in [-0.39, 0.29) is 17.9 Å². The molecule has 2 rings (SSSR count). The third kappa shape index (κ3) is 3.14. The van der Waals surface area contributed by atoms with Crippen LogP contribution in [0.25, 0.3) is 0 Å². The fourth-order valence-corrected chi connectivity index (χ4v) is 2.72. The van der Waals surface area contributed by atoms with Crippen LogP contribution in [0.4, 0.5) is 5.69 Å². The minimum Gasteiger partial charge on any atom is -0.309 e. The van der Waals surface area contributed by atoms with Crippen molar-refractivity contribution in [1.82, 2.24) is 5.32 Å². The second-order valence-electron chi connectivity index (χ2n) is 5.35. The molecule has 1 aromatic rings. The summed E-state index contributed by atoms with van der Waals surface area (Å²) in [6, 6.07) is 9.29. The van der Waals surface area contributed by atoms with Gasteiger partial charge < -0.3 is 4.90 Å². The predicted octanol–water partition coefficient (Wildman–Crippen LogP) is 2.45. The summed E-state index contributed by atoms with van der Waals surface area (Å²) in [4.78, 5) is 14.2. The zero-order valence-corrected chi connectivity index (χ0v) is 12.6. The van der Waals surface area contributed by atoms with Gasteiger partial charge in [0.25, 0.3) is 0 Å². The number of nitrogens with one attached hydrogen (secondary N) is 1. The van der Waals surface area contributed by atoms with Crippen molar-refractivity contribution in [3.05, 3.63) is 28.7 Å². The maximum absolute atomic E-state index is 12.4. The van der Waals surface area contributed by atoms with E-state index in [1.807, 2.05) is 38.1 Å². The molecule has 0 aromatic heterocycles. The van der Waals surface area contributed by atoms with Gasteiger partial charge in [-0.25, -0.2) is 0 Å². The maximum Gasteiger partial charge on any atom is 0.245 e. The van der Waals surface area contributed by atoms with Crippen LogP contribution in [0.5, 0.6) is 0 Å². The van der Waals surface area contributed by atoms with E-state index >= 15 is 0 Å². The van der Waals surface area contributed by atoms with Crippen LogP contribution in [0, 0.1) is 11.3 Å². The van der Waals surface area contributed by atoms with Gasteiger partial charge in [0, 0.05) is 22.2 Å². The molecule has 0 radical (unpaired) electrons. The molecule has 1 aliphatic rings. The van der Waals surface area contributed by atoms with Crippen LogP contribution >= 0.6 is 15.9 Å². The highest BCUT2D eigenvalue weighted by molar-refractivity contribution is 9.10. The summed E-state index contributed by atoms with van der Waals surface area (Å²) in [5, 5.41) is 12.1. The van der Waals surface area contributed by atoms with Crippen molar-refractivity contribution >= 4 is 27.5 Å². The van der Waals surface area contributed by atoms with Gasteiger partial charge in [0.1, 0.15) is 6.04 Å². The van der Waals surface area contributed by atoms with Gasteiger partial charge in [0.2, 0.25) is 5.91 Å². The molecular formula is C14H16BrN3O. The molecule has 5 heteroatoms. The number of hydrogen-bond acceptors (Lipinski definition) is 3. The number of rotatable bonds is 2. The van der Waals surface area contributed by atoms with Gasteiger partial charge >= 0.3 is 0 Å². The standard InChI is InChI=1S/C14H16BrN3O/c1-14(2)9-18(11-5-3-4-10(15)8-11)13(19)12(17-14)6-7-16/h3-5,8,12,17H,6,9H2,1-2H3. The minimum absolute atomic E-state index is 0.0426. The highest BCUT2D eigenvalue weighted by Crippen LogP contribution is 2.26. The fourth-order valence-electron chi connectivity index (χ4n) is 2.33. The SMILES string of the molecule is CC1(C)CN(c2cccc(Br)c2)C(=O)C(CC#N)N1. The lowest BCUT2D eigenvalue weighted by atomic mass is 9.96. The van der Waals surface area contributed by atoms with E-state index in [1.165, 1.54) is 0 Å². The lowest BCUT2D eigenvalue weighted by Gasteiger charge is -2.42. The van der Waals surface area contributed by atoms with Crippen molar-refractivity contribution in [3.8, 4) is 6.07 Å². The van der Waals surface area contributed by atoms with E-state index in [0.717, 1.165) is 10.2 Å². The molecule has 1 aromatic carbocycles. The van der Waals surface area contributed by atoms with E-state index in [2.05, 4.69) is 27.3 Å². The molecule has 1 fully saturated rings. The van der Waals surface area contributed by atoms with E-state index in [0.29, 0.717) is 6.54 Å². The lowest BCUT2D eigenvalue weighted by Crippen LogP contribution is -2.65. The molecule has 1 unspecified atom stereocenters. The van der Waals surface area contributed by atoms with E-state index in [4.69, 9.17) is 5.26 Å². The molecule has 1 amide bonds. The van der Waals surface area contributed by atoms with Gasteiger partial charge in [-0.15, -0.1) is 0 Å². The van der Waals surface area contributed by atoms with Gasteiger partial charge in [-0.05, 0) is 32.0 Å². The maximum atomic E-state index is 12.4. The van der Waals surface area contributed by atoms with E-state index in [1.54, 1.807) is 4.90 Å². The smallest absolute Gasteiger partial charge is 0.245 e. The number of piperazine rings is 1. The number of nitriles is 1. The highest BCUT2D eigenvalue weighted by atomic mass is 79.9. The van der Waals surface area contributed by atoms with Crippen molar-refractivity contribution in [2.24, 2.45) is 0 Å². The Bertz CT molecular complexity index is 536. The summed E-state index contributed by atoms with van der Waals surface area (Å²) in [7, 11) is 0. The molecule has 1 N–H and O–H groups in total. The van der Waals surface area contributed by atoms with Gasteiger partial charge in [-0.2, -0.15) is 5.26 Å². The Morgan fingerprint density at radius 3 is 2.95 bits per heavy atom. The molecule has 100 valence electrons. The Hall–Kier alpha value is -1.38. The first-order chi connectivity index (χ1) is 8.93. The average Bonchev–Trinajstić information content (AvgIpc) is 2.33. The number of halogens is 1. The minimum atomic E-state index is -0.437. The zero-order valence-electron chi connectivity index (χ0n) is 11.0. The summed E-state index contributed by atoms with van der Waals surface area (Å²) in [5.74, 6) is -0.0426. The highest BCUT2D eigenvalue weighted by Gasteiger charge is 2.38. The Morgan fingerprint density at radius 2 is 2.32 bits per heavy atom. The summed E-state index contributed by atoms with van der Waals surface area (Å²) in [6.45, 7) is 4.66. The van der Waals surface area contributed by atoms with Crippen molar-refractivity contribution in [2.75, 3.05) is 11.4 Å². The quantitative estimate of drug-likeness (QED) is 0.910. The molecule has 1 saturated heterocycles. The van der Waals surface area contributed by atoms with E-state index < -0.39 is 6.04 Å². The topological polar surface area (TPSA) is 56.1 Å². The summed E-state index contributed by atoms with van der Waals surface area (Å²) in [5.41, 5.74) is 0.648. The van der Waals surface area contributed by atoms with Gasteiger partial charge in [0.15, 0.2) is 0 Å². The van der Waals surface area contributed by atoms with Gasteiger partial charge in [-0.1, -0.05) is 22.0 Å². The van der Waals surface area contributed by atoms with Crippen LogP contribution in [0.1, 0.15) is 20.3 Å². The Labute approximate surface area is 121 Å². The Balaban J connectivity index is 2.33. The van der Waals surface area contributed by atoms with Gasteiger partial charge in [-0.3, -0.25) is 10.1 Å². The largest absolute Gasteiger partial charge is 0.309 e. The normalized spacial score (nSPS) is 22.1. The van der Waals surface area contributed by atoms with Crippen molar-refractivity contribution in [2.45, 2.75) is 31.8 Å². The first-order valence-corrected chi connectivity index (χ1v) is 6.94. The van der Waals surface area contributed by atoms with Crippen LogP contribution in [0.15, 0.2) is 28.7 Å². The second kappa shape index (κ2) is 5.32. The monoisotopic (exact) mass is 321 g/mol. The fraction of sp³-hybridized carbons (Fsp3) is 0.429. The van der Waals surface area contributed by atoms with Crippen LogP contribution in [0.2, 0.25) is 0 Å². The molecule has 0 bridgehead atoms. The second-order valence-corrected chi connectivity index (χ2v) is 6.26. The molecule has 19 heavy (non-hydrogen) atoms. The number of amides is 1. The lowest BCUT2D eigenvalue weighted by molar-refractivity contribution is -0.122. The number of carbonyl (C=O) groups excluding carboxylic acids is 1. The Kier molecular flexibility index (Phi) is 3.93. The van der Waals surface area contributed by atoms with Crippen molar-refractivity contribution < 1.29 is 4.79 Å². The molecule has 1 heterocycles. The van der Waals surface area contributed by atoms with Crippen LogP contribution in [-0.2, 0) is 4.79 Å². The third-order valence-electron chi connectivity index (χ3n) is 3.10. The molecule has 0 spiro atoms. The zero-order chi connectivity index (χ0) is 14.0. The number of hydrogen-bond donors (Lipinski definition) is 1. The van der Waals surface area contributed by atoms with Crippen molar-refractivity contribution in [1.29, 1.82) is 5.26 Å². The van der Waals surface area contributed by atoms with Crippen molar-refractivity contribution in [3.63, 3.8) is 0 Å². The average molecular weight is 322 g/mol. The summed E-state index contributed by atoms with van der Waals surface area (Å²) in [6.07, 6.45) is 0.187. The van der Waals surface area contributed by atoms with E-state index in [9.17, 15) is 4.79 Å². The molecule has 0 aliphatic carbocycles. The summed E-state index contributed by atoms with van der Waals surface area (Å²) < 4.78 is 0.936.